The van der Waals surface area contributed by atoms with Gasteiger partial charge in [0.05, 0.1) is 16.7 Å². The third-order valence-corrected chi connectivity index (χ3v) is 3.61. The van der Waals surface area contributed by atoms with Crippen LogP contribution in [0.25, 0.3) is 10.8 Å². The van der Waals surface area contributed by atoms with E-state index in [0.717, 1.165) is 5.39 Å². The first-order valence-corrected chi connectivity index (χ1v) is 7.27. The van der Waals surface area contributed by atoms with Gasteiger partial charge in [-0.25, -0.2) is 14.4 Å². The molecule has 6 heteroatoms. The number of aromatic hydroxyl groups is 1. The monoisotopic (exact) mass is 336 g/mol. The lowest BCUT2D eigenvalue weighted by Gasteiger charge is -2.05. The molecule has 0 fully saturated rings. The van der Waals surface area contributed by atoms with Gasteiger partial charge in [0.25, 0.3) is 0 Å². The van der Waals surface area contributed by atoms with Gasteiger partial charge in [0.2, 0.25) is 0 Å². The van der Waals surface area contributed by atoms with Crippen LogP contribution < -0.4 is 0 Å². The van der Waals surface area contributed by atoms with Crippen LogP contribution in [0, 0.1) is 0 Å². The van der Waals surface area contributed by atoms with Crippen LogP contribution in [0.5, 0.6) is 5.75 Å². The number of carbonyl (C=O) groups is 3. The number of aromatic carboxylic acids is 1. The van der Waals surface area contributed by atoms with Crippen molar-refractivity contribution in [3.05, 3.63) is 77.4 Å². The number of carboxylic acid groups (broad SMARTS) is 1. The van der Waals surface area contributed by atoms with Crippen LogP contribution in [0.3, 0.4) is 0 Å². The molecule has 0 aliphatic carbocycles. The van der Waals surface area contributed by atoms with E-state index >= 15 is 0 Å². The van der Waals surface area contributed by atoms with E-state index in [0.29, 0.717) is 5.39 Å². The van der Waals surface area contributed by atoms with Crippen molar-refractivity contribution in [3.63, 3.8) is 0 Å². The molecule has 0 aliphatic rings. The highest BCUT2D eigenvalue weighted by molar-refractivity contribution is 6.04. The summed E-state index contributed by atoms with van der Waals surface area (Å²) in [5.41, 5.74) is 0.290. The van der Waals surface area contributed by atoms with Crippen LogP contribution in [-0.4, -0.2) is 28.1 Å². The minimum Gasteiger partial charge on any atom is -0.508 e. The SMILES string of the molecule is O=C(O)c1ccc(C(=O)OC(=O)c2ccc3cc(O)ccc3c2)cc1. The quantitative estimate of drug-likeness (QED) is 0.562. The summed E-state index contributed by atoms with van der Waals surface area (Å²) in [7, 11) is 0. The first-order valence-electron chi connectivity index (χ1n) is 7.27. The summed E-state index contributed by atoms with van der Waals surface area (Å²) in [5, 5.41) is 19.7. The van der Waals surface area contributed by atoms with Crippen LogP contribution in [0.15, 0.2) is 60.7 Å². The summed E-state index contributed by atoms with van der Waals surface area (Å²) >= 11 is 0. The largest absolute Gasteiger partial charge is 0.508 e. The average molecular weight is 336 g/mol. The fourth-order valence-corrected chi connectivity index (χ4v) is 2.31. The zero-order valence-electron chi connectivity index (χ0n) is 12.8. The van der Waals surface area contributed by atoms with Gasteiger partial charge in [0.1, 0.15) is 5.75 Å². The number of phenols is 1. The number of benzene rings is 3. The van der Waals surface area contributed by atoms with Crippen molar-refractivity contribution in [2.75, 3.05) is 0 Å². The molecule has 0 unspecified atom stereocenters. The summed E-state index contributed by atoms with van der Waals surface area (Å²) in [5.74, 6) is -2.68. The summed E-state index contributed by atoms with van der Waals surface area (Å²) < 4.78 is 4.82. The second-order valence-electron chi connectivity index (χ2n) is 5.31. The Labute approximate surface area is 141 Å². The van der Waals surface area contributed by atoms with Gasteiger partial charge in [-0.05, 0) is 59.3 Å². The number of ether oxygens (including phenoxy) is 1. The normalized spacial score (nSPS) is 10.4. The Balaban J connectivity index is 1.78. The van der Waals surface area contributed by atoms with Crippen LogP contribution in [0.2, 0.25) is 0 Å². The third kappa shape index (κ3) is 3.48. The van der Waals surface area contributed by atoms with Gasteiger partial charge < -0.3 is 14.9 Å². The van der Waals surface area contributed by atoms with Crippen LogP contribution >= 0.6 is 0 Å². The van der Waals surface area contributed by atoms with Crippen molar-refractivity contribution in [1.29, 1.82) is 0 Å². The minimum absolute atomic E-state index is 0.0284. The summed E-state index contributed by atoms with van der Waals surface area (Å²) in [6.45, 7) is 0. The highest BCUT2D eigenvalue weighted by atomic mass is 16.6. The van der Waals surface area contributed by atoms with Gasteiger partial charge in [-0.15, -0.1) is 0 Å². The molecular weight excluding hydrogens is 324 g/mol. The van der Waals surface area contributed by atoms with Gasteiger partial charge in [0, 0.05) is 0 Å². The molecule has 0 amide bonds. The number of hydrogen-bond acceptors (Lipinski definition) is 5. The topological polar surface area (TPSA) is 101 Å². The van der Waals surface area contributed by atoms with E-state index in [1.807, 2.05) is 0 Å². The summed E-state index contributed by atoms with van der Waals surface area (Å²) in [6, 6.07) is 14.4. The van der Waals surface area contributed by atoms with E-state index in [2.05, 4.69) is 0 Å². The van der Waals surface area contributed by atoms with Gasteiger partial charge in [0.15, 0.2) is 0 Å². The fraction of sp³-hybridized carbons (Fsp3) is 0. The third-order valence-electron chi connectivity index (χ3n) is 3.61. The van der Waals surface area contributed by atoms with Crippen molar-refractivity contribution in [2.24, 2.45) is 0 Å². The molecule has 2 N–H and O–H groups in total. The van der Waals surface area contributed by atoms with Crippen LogP contribution in [0.1, 0.15) is 31.1 Å². The molecule has 3 rings (SSSR count). The Bertz CT molecular complexity index is 988. The highest BCUT2D eigenvalue weighted by Crippen LogP contribution is 2.21. The molecule has 0 atom stereocenters. The standard InChI is InChI=1S/C19H12O6/c20-16-8-7-13-9-15(6-5-14(13)10-16)19(24)25-18(23)12-3-1-11(2-4-12)17(21)22/h1-10,20H,(H,21,22). The minimum atomic E-state index is -1.11. The highest BCUT2D eigenvalue weighted by Gasteiger charge is 2.16. The van der Waals surface area contributed by atoms with E-state index in [4.69, 9.17) is 9.84 Å². The Morgan fingerprint density at radius 3 is 1.88 bits per heavy atom. The molecule has 3 aromatic rings. The molecule has 0 spiro atoms. The first kappa shape index (κ1) is 16.2. The molecule has 6 nitrogen and oxygen atoms in total. The van der Waals surface area contributed by atoms with Crippen molar-refractivity contribution < 1.29 is 29.3 Å². The molecule has 0 aliphatic heterocycles. The molecule has 25 heavy (non-hydrogen) atoms. The molecule has 124 valence electrons. The zero-order valence-corrected chi connectivity index (χ0v) is 12.8. The van der Waals surface area contributed by atoms with Crippen LogP contribution in [-0.2, 0) is 4.74 Å². The molecule has 0 saturated carbocycles. The lowest BCUT2D eigenvalue weighted by Crippen LogP contribution is -2.13. The molecule has 0 aromatic heterocycles. The van der Waals surface area contributed by atoms with Gasteiger partial charge in [-0.3, -0.25) is 0 Å². The smallest absolute Gasteiger partial charge is 0.346 e. The predicted octanol–water partition coefficient (Wildman–Crippen LogP) is 3.24. The van der Waals surface area contributed by atoms with Crippen molar-refractivity contribution >= 4 is 28.7 Å². The number of rotatable bonds is 3. The molecule has 0 radical (unpaired) electrons. The predicted molar refractivity (Wildman–Crippen MR) is 88.8 cm³/mol. The second-order valence-corrected chi connectivity index (χ2v) is 5.31. The zero-order chi connectivity index (χ0) is 18.0. The number of carboxylic acids is 1. The lowest BCUT2D eigenvalue weighted by atomic mass is 10.1. The average Bonchev–Trinajstić information content (AvgIpc) is 2.61. The van der Waals surface area contributed by atoms with Crippen molar-refractivity contribution in [2.45, 2.75) is 0 Å². The summed E-state index contributed by atoms with van der Waals surface area (Å²) in [6.07, 6.45) is 0. The Morgan fingerprint density at radius 2 is 1.20 bits per heavy atom. The van der Waals surface area contributed by atoms with Gasteiger partial charge in [-0.1, -0.05) is 12.1 Å². The van der Waals surface area contributed by atoms with Crippen LogP contribution in [0.4, 0.5) is 0 Å². The van der Waals surface area contributed by atoms with E-state index in [1.54, 1.807) is 24.3 Å². The van der Waals surface area contributed by atoms with E-state index in [9.17, 15) is 19.5 Å². The number of hydrogen-bond donors (Lipinski definition) is 2. The maximum Gasteiger partial charge on any atom is 0.346 e. The molecule has 3 aromatic carbocycles. The summed E-state index contributed by atoms with van der Waals surface area (Å²) in [4.78, 5) is 34.9. The second kappa shape index (κ2) is 6.45. The molecule has 0 bridgehead atoms. The van der Waals surface area contributed by atoms with E-state index in [1.165, 1.54) is 36.4 Å². The molecule has 0 saturated heterocycles. The maximum atomic E-state index is 12.1. The molecule has 0 heterocycles. The van der Waals surface area contributed by atoms with Crippen molar-refractivity contribution in [3.8, 4) is 5.75 Å². The fourth-order valence-electron chi connectivity index (χ4n) is 2.31. The number of carbonyl (C=O) groups excluding carboxylic acids is 2. The number of fused-ring (bicyclic) bond motifs is 1. The Hall–Kier alpha value is -3.67. The van der Waals surface area contributed by atoms with E-state index in [-0.39, 0.29) is 22.4 Å². The lowest BCUT2D eigenvalue weighted by molar-refractivity contribution is 0.0397. The maximum absolute atomic E-state index is 12.1. The van der Waals surface area contributed by atoms with Gasteiger partial charge >= 0.3 is 17.9 Å². The van der Waals surface area contributed by atoms with Gasteiger partial charge in [-0.2, -0.15) is 0 Å². The Morgan fingerprint density at radius 1 is 0.680 bits per heavy atom. The Kier molecular flexibility index (Phi) is 4.18. The van der Waals surface area contributed by atoms with Crippen molar-refractivity contribution in [1.82, 2.24) is 0 Å². The number of esters is 2. The van der Waals surface area contributed by atoms with E-state index < -0.39 is 17.9 Å². The number of phenolic OH excluding ortho intramolecular Hbond substituents is 1. The first-order chi connectivity index (χ1) is 11.9. The molecular formula is C19H12O6.